The van der Waals surface area contributed by atoms with Crippen LogP contribution in [0.5, 0.6) is 5.75 Å². The Morgan fingerprint density at radius 2 is 1.90 bits per heavy atom. The summed E-state index contributed by atoms with van der Waals surface area (Å²) in [6, 6.07) is 12.7. The van der Waals surface area contributed by atoms with Gasteiger partial charge in [0.2, 0.25) is 5.76 Å². The van der Waals surface area contributed by atoms with Crippen LogP contribution in [-0.4, -0.2) is 24.0 Å². The Bertz CT molecular complexity index is 1130. The van der Waals surface area contributed by atoms with Gasteiger partial charge in [-0.2, -0.15) is 0 Å². The molecule has 2 heterocycles. The normalized spacial score (nSPS) is 15.8. The summed E-state index contributed by atoms with van der Waals surface area (Å²) in [5, 5.41) is 0.512. The van der Waals surface area contributed by atoms with Crippen LogP contribution in [-0.2, 0) is 0 Å². The van der Waals surface area contributed by atoms with Crippen LogP contribution in [0.3, 0.4) is 0 Å². The fraction of sp³-hybridized carbons (Fsp3) is 0.333. The molecule has 29 heavy (non-hydrogen) atoms. The number of ether oxygens (including phenoxy) is 1. The second-order valence-corrected chi connectivity index (χ2v) is 7.50. The van der Waals surface area contributed by atoms with Crippen LogP contribution in [0.25, 0.3) is 11.0 Å². The third-order valence-electron chi connectivity index (χ3n) is 5.23. The molecule has 0 aliphatic carbocycles. The van der Waals surface area contributed by atoms with Gasteiger partial charge in [-0.05, 0) is 49.6 Å². The first kappa shape index (κ1) is 19.2. The molecule has 1 aliphatic heterocycles. The molecule has 0 N–H and O–H groups in total. The summed E-state index contributed by atoms with van der Waals surface area (Å²) in [4.78, 5) is 28.3. The topological polar surface area (TPSA) is 59.8 Å². The van der Waals surface area contributed by atoms with Gasteiger partial charge in [0.05, 0.1) is 23.6 Å². The molecule has 1 amide bonds. The molecule has 0 fully saturated rings. The van der Waals surface area contributed by atoms with Gasteiger partial charge in [0, 0.05) is 6.54 Å². The molecule has 2 aromatic carbocycles. The van der Waals surface area contributed by atoms with E-state index in [1.54, 1.807) is 11.0 Å². The highest BCUT2D eigenvalue weighted by Gasteiger charge is 2.42. The molecule has 0 spiro atoms. The Morgan fingerprint density at radius 1 is 1.07 bits per heavy atom. The second kappa shape index (κ2) is 7.74. The summed E-state index contributed by atoms with van der Waals surface area (Å²) in [5.41, 5.74) is 2.57. The van der Waals surface area contributed by atoms with Crippen LogP contribution in [0.1, 0.15) is 60.0 Å². The highest BCUT2D eigenvalue weighted by molar-refractivity contribution is 5.99. The van der Waals surface area contributed by atoms with Gasteiger partial charge in [0.25, 0.3) is 5.91 Å². The Balaban J connectivity index is 1.92. The maximum Gasteiger partial charge on any atom is 0.290 e. The zero-order chi connectivity index (χ0) is 20.5. The Kier molecular flexibility index (Phi) is 5.14. The predicted molar refractivity (Wildman–Crippen MR) is 113 cm³/mol. The molecular weight excluding hydrogens is 366 g/mol. The fourth-order valence-corrected chi connectivity index (χ4v) is 3.95. The first-order valence-electron chi connectivity index (χ1n) is 10.2. The van der Waals surface area contributed by atoms with Crippen LogP contribution < -0.4 is 10.2 Å². The number of hydrogen-bond acceptors (Lipinski definition) is 4. The molecular formula is C24H25NO4. The monoisotopic (exact) mass is 391 g/mol. The lowest BCUT2D eigenvalue weighted by Gasteiger charge is -2.25. The van der Waals surface area contributed by atoms with Crippen molar-refractivity contribution >= 4 is 16.9 Å². The van der Waals surface area contributed by atoms with E-state index >= 15 is 0 Å². The van der Waals surface area contributed by atoms with E-state index in [2.05, 4.69) is 6.92 Å². The van der Waals surface area contributed by atoms with Gasteiger partial charge in [-0.15, -0.1) is 0 Å². The van der Waals surface area contributed by atoms with E-state index in [-0.39, 0.29) is 17.1 Å². The average molecular weight is 391 g/mol. The van der Waals surface area contributed by atoms with E-state index < -0.39 is 6.04 Å². The molecule has 150 valence electrons. The number of aryl methyl sites for hydroxylation is 1. The molecule has 4 rings (SSSR count). The molecule has 0 saturated heterocycles. The highest BCUT2D eigenvalue weighted by Crippen LogP contribution is 2.39. The molecule has 1 aliphatic rings. The SMILES string of the molecule is CCCOc1cccc([C@@H]2c3c(oc4ccc(C)cc4c3=O)C(=O)N2CCC)c1. The van der Waals surface area contributed by atoms with Gasteiger partial charge in [0.1, 0.15) is 11.3 Å². The number of nitrogens with zero attached hydrogens (tertiary/aromatic N) is 1. The van der Waals surface area contributed by atoms with Crippen molar-refractivity contribution in [2.75, 3.05) is 13.2 Å². The minimum Gasteiger partial charge on any atom is -0.494 e. The number of hydrogen-bond donors (Lipinski definition) is 0. The Hall–Kier alpha value is -3.08. The molecule has 0 saturated carbocycles. The van der Waals surface area contributed by atoms with Crippen molar-refractivity contribution in [2.45, 2.75) is 39.7 Å². The number of carbonyl (C=O) groups excluding carboxylic acids is 1. The van der Waals surface area contributed by atoms with Crippen LogP contribution in [0, 0.1) is 6.92 Å². The molecule has 0 unspecified atom stereocenters. The van der Waals surface area contributed by atoms with Crippen LogP contribution in [0.2, 0.25) is 0 Å². The number of amides is 1. The third kappa shape index (κ3) is 3.31. The lowest BCUT2D eigenvalue weighted by atomic mass is 9.98. The summed E-state index contributed by atoms with van der Waals surface area (Å²) in [6.45, 7) is 7.17. The minimum absolute atomic E-state index is 0.137. The van der Waals surface area contributed by atoms with Crippen LogP contribution >= 0.6 is 0 Å². The molecule has 1 aromatic heterocycles. The Morgan fingerprint density at radius 3 is 2.66 bits per heavy atom. The number of carbonyl (C=O) groups is 1. The van der Waals surface area contributed by atoms with E-state index in [1.807, 2.05) is 50.2 Å². The summed E-state index contributed by atoms with van der Waals surface area (Å²) in [5.74, 6) is 0.665. The summed E-state index contributed by atoms with van der Waals surface area (Å²) in [6.07, 6.45) is 1.70. The lowest BCUT2D eigenvalue weighted by molar-refractivity contribution is 0.0728. The molecule has 3 aromatic rings. The highest BCUT2D eigenvalue weighted by atomic mass is 16.5. The van der Waals surface area contributed by atoms with E-state index in [1.165, 1.54) is 0 Å². The van der Waals surface area contributed by atoms with E-state index in [0.717, 1.165) is 29.7 Å². The van der Waals surface area contributed by atoms with Crippen molar-refractivity contribution in [2.24, 2.45) is 0 Å². The lowest BCUT2D eigenvalue weighted by Crippen LogP contribution is -2.30. The standard InChI is InChI=1S/C24H25NO4/c1-4-11-25-21(16-7-6-8-17(14-16)28-12-5-2)20-22(26)18-13-15(3)9-10-19(18)29-23(20)24(25)27/h6-10,13-14,21H,4-5,11-12H2,1-3H3/t21-/m1/s1. The van der Waals surface area contributed by atoms with Crippen LogP contribution in [0.15, 0.2) is 51.7 Å². The summed E-state index contributed by atoms with van der Waals surface area (Å²) >= 11 is 0. The van der Waals surface area contributed by atoms with Gasteiger partial charge in [-0.3, -0.25) is 9.59 Å². The van der Waals surface area contributed by atoms with E-state index in [4.69, 9.17) is 9.15 Å². The van der Waals surface area contributed by atoms with Crippen molar-refractivity contribution < 1.29 is 13.9 Å². The van der Waals surface area contributed by atoms with Crippen molar-refractivity contribution in [3.63, 3.8) is 0 Å². The second-order valence-electron chi connectivity index (χ2n) is 7.50. The fourth-order valence-electron chi connectivity index (χ4n) is 3.95. The Labute approximate surface area is 169 Å². The van der Waals surface area contributed by atoms with Crippen molar-refractivity contribution in [3.05, 3.63) is 75.1 Å². The average Bonchev–Trinajstić information content (AvgIpc) is 3.00. The van der Waals surface area contributed by atoms with Crippen LogP contribution in [0.4, 0.5) is 0 Å². The largest absolute Gasteiger partial charge is 0.494 e. The summed E-state index contributed by atoms with van der Waals surface area (Å²) < 4.78 is 11.7. The van der Waals surface area contributed by atoms with E-state index in [9.17, 15) is 9.59 Å². The zero-order valence-electron chi connectivity index (χ0n) is 17.0. The molecule has 5 nitrogen and oxygen atoms in total. The number of fused-ring (bicyclic) bond motifs is 2. The number of rotatable bonds is 6. The van der Waals surface area contributed by atoms with Gasteiger partial charge < -0.3 is 14.1 Å². The van der Waals surface area contributed by atoms with Crippen molar-refractivity contribution in [3.8, 4) is 5.75 Å². The summed E-state index contributed by atoms with van der Waals surface area (Å²) in [7, 11) is 0. The van der Waals surface area contributed by atoms with E-state index in [0.29, 0.717) is 29.7 Å². The van der Waals surface area contributed by atoms with Gasteiger partial charge in [-0.1, -0.05) is 37.6 Å². The van der Waals surface area contributed by atoms with Crippen molar-refractivity contribution in [1.82, 2.24) is 4.90 Å². The number of benzene rings is 2. The van der Waals surface area contributed by atoms with Gasteiger partial charge >= 0.3 is 0 Å². The minimum atomic E-state index is -0.469. The smallest absolute Gasteiger partial charge is 0.290 e. The van der Waals surface area contributed by atoms with Gasteiger partial charge in [0.15, 0.2) is 5.43 Å². The third-order valence-corrected chi connectivity index (χ3v) is 5.23. The molecule has 0 radical (unpaired) electrons. The van der Waals surface area contributed by atoms with Crippen molar-refractivity contribution in [1.29, 1.82) is 0 Å². The quantitative estimate of drug-likeness (QED) is 0.603. The zero-order valence-corrected chi connectivity index (χ0v) is 17.0. The maximum absolute atomic E-state index is 13.4. The first-order valence-corrected chi connectivity index (χ1v) is 10.2. The van der Waals surface area contributed by atoms with Gasteiger partial charge in [-0.25, -0.2) is 0 Å². The molecule has 0 bridgehead atoms. The predicted octanol–water partition coefficient (Wildman–Crippen LogP) is 4.85. The first-order chi connectivity index (χ1) is 14.0. The molecule has 1 atom stereocenters. The molecule has 5 heteroatoms. The maximum atomic E-state index is 13.4.